The molecule has 1 aromatic rings. The molecule has 0 saturated carbocycles. The zero-order valence-corrected chi connectivity index (χ0v) is 21.7. The van der Waals surface area contributed by atoms with Crippen molar-refractivity contribution in [3.8, 4) is 0 Å². The molecule has 1 aliphatic rings. The van der Waals surface area contributed by atoms with Crippen molar-refractivity contribution < 1.29 is 25.1 Å². The van der Waals surface area contributed by atoms with E-state index in [0.717, 1.165) is 11.1 Å². The number of benzene rings is 1. The predicted octanol–water partition coefficient (Wildman–Crippen LogP) is 5.01. The molecule has 0 fully saturated rings. The van der Waals surface area contributed by atoms with Gasteiger partial charge in [0, 0.05) is 0 Å². The molecular weight excluding hydrogens is 468 g/mol. The van der Waals surface area contributed by atoms with Crippen LogP contribution in [-0.4, -0.2) is 26.8 Å². The number of nitrogens with one attached hydrogen (secondary N) is 1. The number of hydrogen-bond acceptors (Lipinski definition) is 2. The molecule has 1 N–H and O–H groups in total. The molecule has 3 nitrogen and oxygen atoms in total. The third-order valence-corrected chi connectivity index (χ3v) is 51.7. The van der Waals surface area contributed by atoms with Gasteiger partial charge in [0.05, 0.1) is 0 Å². The van der Waals surface area contributed by atoms with Crippen LogP contribution in [0.25, 0.3) is 6.08 Å². The summed E-state index contributed by atoms with van der Waals surface area (Å²) in [5.41, 5.74) is 2.30. The Morgan fingerprint density at radius 3 is 2.52 bits per heavy atom. The number of allylic oxidation sites excluding steroid dienone is 1. The first kappa shape index (κ1) is 21.6. The maximum absolute atomic E-state index is 12.6. The van der Waals surface area contributed by atoms with E-state index in [1.165, 1.54) is 0 Å². The summed E-state index contributed by atoms with van der Waals surface area (Å²) >= 11 is -4.51. The minimum absolute atomic E-state index is 0.0468. The molecular formula is C17H28Cl2NO2Si2Zr. The normalized spacial score (nSPS) is 18.7. The van der Waals surface area contributed by atoms with Crippen LogP contribution in [0.2, 0.25) is 32.7 Å². The fraction of sp³-hybridized carbons (Fsp3) is 0.471. The van der Waals surface area contributed by atoms with Gasteiger partial charge in [0.15, 0.2) is 0 Å². The van der Waals surface area contributed by atoms with Crippen LogP contribution in [-0.2, 0) is 25.1 Å². The third-order valence-electron chi connectivity index (χ3n) is 4.67. The molecule has 0 aromatic heterocycles. The summed E-state index contributed by atoms with van der Waals surface area (Å²) in [4.78, 5) is 12.6. The molecule has 1 aromatic carbocycles. The van der Waals surface area contributed by atoms with Crippen LogP contribution in [0.5, 0.6) is 0 Å². The molecule has 0 aliphatic heterocycles. The van der Waals surface area contributed by atoms with Crippen LogP contribution < -0.4 is 3.26 Å². The Balaban J connectivity index is 2.20. The first-order valence-electron chi connectivity index (χ1n) is 8.73. The molecule has 1 unspecified atom stereocenters. The summed E-state index contributed by atoms with van der Waals surface area (Å²) in [6.45, 7) is 11.1. The van der Waals surface area contributed by atoms with E-state index in [2.05, 4.69) is 60.3 Å². The standard InChI is InChI=1S/C9H7.C6H15NO2Si.C2H7Si.2ClH.Zr/c1-2-5-9-7-3-6-8(9)4-1;1-10(2,3)9-5-4-6(7)8;1-3-2;;;/h1-7H;4-5H2,1-3H3,(H2,7,8);3H,1-2H3;2*1H;/q;;;;;+3/p-3. The monoisotopic (exact) mass is 494 g/mol. The van der Waals surface area contributed by atoms with Gasteiger partial charge >= 0.3 is 162 Å². The molecule has 0 saturated heterocycles. The second-order valence-electron chi connectivity index (χ2n) is 8.03. The molecule has 0 heterocycles. The molecule has 1 atom stereocenters. The average Bonchev–Trinajstić information content (AvgIpc) is 2.90. The predicted molar refractivity (Wildman–Crippen MR) is 111 cm³/mol. The number of hydrogen-bond donors (Lipinski definition) is 1. The Labute approximate surface area is 161 Å². The van der Waals surface area contributed by atoms with E-state index in [-0.39, 0.29) is 9.53 Å². The van der Waals surface area contributed by atoms with E-state index in [1.807, 2.05) is 12.1 Å². The molecule has 1 aliphatic carbocycles. The Bertz CT molecular complexity index is 689. The summed E-state index contributed by atoms with van der Waals surface area (Å²) < 4.78 is 8.94. The van der Waals surface area contributed by atoms with Crippen LogP contribution in [0.3, 0.4) is 0 Å². The Hall–Kier alpha value is 0.287. The van der Waals surface area contributed by atoms with E-state index in [1.54, 1.807) is 0 Å². The number of amides is 1. The van der Waals surface area contributed by atoms with Crippen molar-refractivity contribution in [1.29, 1.82) is 0 Å². The minimum atomic E-state index is -4.51. The van der Waals surface area contributed by atoms with E-state index < -0.39 is 30.1 Å². The maximum atomic E-state index is 12.6. The van der Waals surface area contributed by atoms with Gasteiger partial charge in [0.25, 0.3) is 0 Å². The quantitative estimate of drug-likeness (QED) is 0.539. The number of halogens is 2. The van der Waals surface area contributed by atoms with Gasteiger partial charge in [-0.1, -0.05) is 0 Å². The van der Waals surface area contributed by atoms with Crippen LogP contribution in [0, 0.1) is 0 Å². The number of fused-ring (bicyclic) bond motifs is 1. The molecule has 1 amide bonds. The molecule has 139 valence electrons. The van der Waals surface area contributed by atoms with Crippen molar-refractivity contribution in [2.24, 2.45) is 0 Å². The molecule has 0 spiro atoms. The molecule has 0 bridgehead atoms. The van der Waals surface area contributed by atoms with Crippen molar-refractivity contribution in [1.82, 2.24) is 3.26 Å². The molecule has 0 radical (unpaired) electrons. The molecule has 25 heavy (non-hydrogen) atoms. The van der Waals surface area contributed by atoms with Gasteiger partial charge in [-0.3, -0.25) is 0 Å². The van der Waals surface area contributed by atoms with Gasteiger partial charge in [0.1, 0.15) is 0 Å². The van der Waals surface area contributed by atoms with Gasteiger partial charge in [-0.15, -0.1) is 0 Å². The van der Waals surface area contributed by atoms with Gasteiger partial charge in [0.2, 0.25) is 0 Å². The first-order valence-corrected chi connectivity index (χ1v) is 28.3. The van der Waals surface area contributed by atoms with Crippen molar-refractivity contribution in [2.45, 2.75) is 42.8 Å². The molecule has 2 rings (SSSR count). The summed E-state index contributed by atoms with van der Waals surface area (Å²) in [6, 6.07) is 8.17. The SMILES string of the molecule is C[SiH](C)[Zr]([Cl])([Cl])([NH]C(=O)CCO[Si](C)(C)C)[CH]1C=Cc2ccccc21. The van der Waals surface area contributed by atoms with Crippen LogP contribution in [0.15, 0.2) is 30.3 Å². The van der Waals surface area contributed by atoms with Crippen LogP contribution in [0.4, 0.5) is 0 Å². The van der Waals surface area contributed by atoms with Crippen LogP contribution in [0.1, 0.15) is 21.2 Å². The second-order valence-corrected chi connectivity index (χ2v) is 53.4. The average molecular weight is 497 g/mol. The number of rotatable bonds is 7. The topological polar surface area (TPSA) is 38.3 Å². The summed E-state index contributed by atoms with van der Waals surface area (Å²) in [6.07, 6.45) is 4.49. The fourth-order valence-corrected chi connectivity index (χ4v) is 23.5. The Kier molecular flexibility index (Phi) is 6.67. The Morgan fingerprint density at radius 1 is 1.28 bits per heavy atom. The van der Waals surface area contributed by atoms with Gasteiger partial charge in [-0.2, -0.15) is 0 Å². The van der Waals surface area contributed by atoms with E-state index >= 15 is 0 Å². The summed E-state index contributed by atoms with van der Waals surface area (Å²) in [5.74, 6) is -1.60. The summed E-state index contributed by atoms with van der Waals surface area (Å²) in [7, 11) is 12.9. The third kappa shape index (κ3) is 4.97. The van der Waals surface area contributed by atoms with Crippen molar-refractivity contribution in [3.63, 3.8) is 0 Å². The van der Waals surface area contributed by atoms with Gasteiger partial charge in [-0.05, 0) is 0 Å². The zero-order chi connectivity index (χ0) is 18.9. The van der Waals surface area contributed by atoms with Gasteiger partial charge < -0.3 is 0 Å². The van der Waals surface area contributed by atoms with E-state index in [9.17, 15) is 4.79 Å². The first-order chi connectivity index (χ1) is 11.4. The molecule has 8 heteroatoms. The fourth-order valence-electron chi connectivity index (χ4n) is 3.07. The number of carbonyl (C=O) groups excluding carboxylic acids is 1. The van der Waals surface area contributed by atoms with Crippen molar-refractivity contribution in [3.05, 3.63) is 41.5 Å². The van der Waals surface area contributed by atoms with E-state index in [4.69, 9.17) is 21.5 Å². The van der Waals surface area contributed by atoms with Crippen LogP contribution >= 0.6 is 17.0 Å². The van der Waals surface area contributed by atoms with E-state index in [0.29, 0.717) is 13.0 Å². The summed E-state index contributed by atoms with van der Waals surface area (Å²) in [5, 5.41) is 0. The second kappa shape index (κ2) is 7.73. The van der Waals surface area contributed by atoms with Crippen molar-refractivity contribution >= 4 is 43.2 Å². The van der Waals surface area contributed by atoms with Crippen molar-refractivity contribution in [2.75, 3.05) is 6.61 Å². The van der Waals surface area contributed by atoms with Gasteiger partial charge in [-0.25, -0.2) is 0 Å². The zero-order valence-electron chi connectivity index (χ0n) is 15.6. The Morgan fingerprint density at radius 2 is 1.92 bits per heavy atom. The number of carbonyl (C=O) groups is 1.